The number of halogens is 2. The Kier molecular flexibility index (Phi) is 3.43. The Morgan fingerprint density at radius 1 is 1.26 bits per heavy atom. The molecule has 2 nitrogen and oxygen atoms in total. The normalized spacial score (nSPS) is 11.9. The van der Waals surface area contributed by atoms with Gasteiger partial charge in [0.25, 0.3) is 0 Å². The van der Waals surface area contributed by atoms with Gasteiger partial charge < -0.3 is 4.57 Å². The lowest BCUT2D eigenvalue weighted by molar-refractivity contribution is 0.523. The monoisotopic (exact) mass is 280 g/mol. The number of aromatic nitrogens is 2. The van der Waals surface area contributed by atoms with Crippen molar-refractivity contribution in [2.75, 3.05) is 0 Å². The molecule has 0 aliphatic carbocycles. The van der Waals surface area contributed by atoms with Gasteiger partial charge in [0.15, 0.2) is 0 Å². The number of nitrogens with zero attached hydrogens (tertiary/aromatic N) is 2. The Balaban J connectivity index is 2.67. The van der Waals surface area contributed by atoms with Crippen molar-refractivity contribution in [1.29, 1.82) is 0 Å². The second kappa shape index (κ2) is 4.64. The average Bonchev–Trinajstić information content (AvgIpc) is 2.62. The highest BCUT2D eigenvalue weighted by atomic mass is 35.5. The fourth-order valence-corrected chi connectivity index (χ4v) is 2.27. The molecule has 0 spiro atoms. The van der Waals surface area contributed by atoms with Gasteiger partial charge in [0.1, 0.15) is 5.82 Å². The molecule has 19 heavy (non-hydrogen) atoms. The van der Waals surface area contributed by atoms with Crippen LogP contribution in [0.1, 0.15) is 32.0 Å². The zero-order chi connectivity index (χ0) is 14.4. The highest BCUT2D eigenvalue weighted by molar-refractivity contribution is 6.31. The van der Waals surface area contributed by atoms with Crippen LogP contribution in [0.2, 0.25) is 5.02 Å². The van der Waals surface area contributed by atoms with Crippen molar-refractivity contribution in [2.24, 2.45) is 7.05 Å². The van der Waals surface area contributed by atoms with E-state index < -0.39 is 0 Å². The second-order valence-electron chi connectivity index (χ2n) is 5.86. The Labute approximate surface area is 118 Å². The maximum absolute atomic E-state index is 14.1. The van der Waals surface area contributed by atoms with Crippen LogP contribution in [0.25, 0.3) is 11.3 Å². The fraction of sp³-hybridized carbons (Fsp3) is 0.400. The van der Waals surface area contributed by atoms with Crippen LogP contribution in [0, 0.1) is 12.7 Å². The first-order valence-corrected chi connectivity index (χ1v) is 6.57. The summed E-state index contributed by atoms with van der Waals surface area (Å²) < 4.78 is 16.1. The van der Waals surface area contributed by atoms with E-state index in [0.717, 1.165) is 17.0 Å². The van der Waals surface area contributed by atoms with E-state index in [1.807, 2.05) is 45.4 Å². The number of benzene rings is 1. The number of imidazole rings is 1. The van der Waals surface area contributed by atoms with Crippen LogP contribution in [-0.4, -0.2) is 9.55 Å². The van der Waals surface area contributed by atoms with Crippen LogP contribution >= 0.6 is 11.6 Å². The maximum atomic E-state index is 14.1. The van der Waals surface area contributed by atoms with Crippen molar-refractivity contribution in [1.82, 2.24) is 9.55 Å². The molecule has 0 unspecified atom stereocenters. The summed E-state index contributed by atoms with van der Waals surface area (Å²) in [6, 6.07) is 3.48. The summed E-state index contributed by atoms with van der Waals surface area (Å²) in [4.78, 5) is 4.36. The molecule has 0 aliphatic heterocycles. The zero-order valence-corrected chi connectivity index (χ0v) is 12.6. The summed E-state index contributed by atoms with van der Waals surface area (Å²) in [5, 5.41) is 0.146. The average molecular weight is 281 g/mol. The van der Waals surface area contributed by atoms with E-state index in [1.54, 1.807) is 12.4 Å². The summed E-state index contributed by atoms with van der Waals surface area (Å²) in [6.45, 7) is 7.89. The van der Waals surface area contributed by atoms with Gasteiger partial charge in [0.2, 0.25) is 0 Å². The highest BCUT2D eigenvalue weighted by Crippen LogP contribution is 2.34. The van der Waals surface area contributed by atoms with Crippen LogP contribution in [0.5, 0.6) is 0 Å². The third-order valence-corrected chi connectivity index (χ3v) is 3.62. The lowest BCUT2D eigenvalue weighted by atomic mass is 9.85. The van der Waals surface area contributed by atoms with E-state index in [0.29, 0.717) is 5.56 Å². The van der Waals surface area contributed by atoms with Gasteiger partial charge in [-0.3, -0.25) is 0 Å². The van der Waals surface area contributed by atoms with Crippen LogP contribution < -0.4 is 0 Å². The summed E-state index contributed by atoms with van der Waals surface area (Å²) >= 11 is 6.02. The molecule has 0 saturated heterocycles. The van der Waals surface area contributed by atoms with Crippen LogP contribution in [0.3, 0.4) is 0 Å². The van der Waals surface area contributed by atoms with E-state index in [9.17, 15) is 4.39 Å². The Hall–Kier alpha value is -1.35. The van der Waals surface area contributed by atoms with E-state index in [-0.39, 0.29) is 16.3 Å². The molecule has 0 aliphatic rings. The van der Waals surface area contributed by atoms with Gasteiger partial charge >= 0.3 is 0 Å². The van der Waals surface area contributed by atoms with Gasteiger partial charge in [-0.15, -0.1) is 0 Å². The molecule has 0 N–H and O–H groups in total. The molecule has 2 aromatic rings. The van der Waals surface area contributed by atoms with E-state index in [2.05, 4.69) is 4.98 Å². The molecule has 4 heteroatoms. The van der Waals surface area contributed by atoms with Crippen LogP contribution in [0.4, 0.5) is 4.39 Å². The fourth-order valence-electron chi connectivity index (χ4n) is 2.05. The molecule has 1 aromatic carbocycles. The predicted octanol–water partition coefficient (Wildman–Crippen LogP) is 4.49. The Bertz CT molecular complexity index is 624. The van der Waals surface area contributed by atoms with E-state index in [1.165, 1.54) is 0 Å². The van der Waals surface area contributed by atoms with Gasteiger partial charge in [-0.1, -0.05) is 32.4 Å². The lowest BCUT2D eigenvalue weighted by Crippen LogP contribution is -2.14. The van der Waals surface area contributed by atoms with Crippen molar-refractivity contribution >= 4 is 11.6 Å². The predicted molar refractivity (Wildman–Crippen MR) is 77.0 cm³/mol. The quantitative estimate of drug-likeness (QED) is 0.753. The number of rotatable bonds is 1. The summed E-state index contributed by atoms with van der Waals surface area (Å²) in [7, 11) is 1.93. The highest BCUT2D eigenvalue weighted by Gasteiger charge is 2.22. The molecule has 1 aromatic heterocycles. The first-order chi connectivity index (χ1) is 8.71. The third kappa shape index (κ3) is 2.52. The van der Waals surface area contributed by atoms with E-state index >= 15 is 0 Å². The molecule has 1 heterocycles. The topological polar surface area (TPSA) is 17.8 Å². The van der Waals surface area contributed by atoms with Crippen molar-refractivity contribution in [3.63, 3.8) is 0 Å². The summed E-state index contributed by atoms with van der Waals surface area (Å²) in [6.07, 6.45) is 1.75. The van der Waals surface area contributed by atoms with Gasteiger partial charge in [-0.25, -0.2) is 9.37 Å². The lowest BCUT2D eigenvalue weighted by Gasteiger charge is -2.21. The Morgan fingerprint density at radius 3 is 2.37 bits per heavy atom. The molecule has 0 saturated carbocycles. The van der Waals surface area contributed by atoms with Crippen molar-refractivity contribution in [3.05, 3.63) is 40.6 Å². The number of aryl methyl sites for hydroxylation is 1. The van der Waals surface area contributed by atoms with Crippen LogP contribution in [-0.2, 0) is 12.5 Å². The maximum Gasteiger partial charge on any atom is 0.145 e. The largest absolute Gasteiger partial charge is 0.337 e. The molecule has 0 bridgehead atoms. The van der Waals surface area contributed by atoms with Crippen molar-refractivity contribution in [3.8, 4) is 11.3 Å². The van der Waals surface area contributed by atoms with Gasteiger partial charge in [-0.2, -0.15) is 0 Å². The molecule has 102 valence electrons. The molecule has 0 amide bonds. The number of hydrogen-bond donors (Lipinski definition) is 0. The van der Waals surface area contributed by atoms with Crippen LogP contribution in [0.15, 0.2) is 18.5 Å². The standard InChI is InChI=1S/C15H18ClFN2/c1-9-14(18-8-19(9)5)10-6-11(15(2,3)4)13(17)12(16)7-10/h6-8H,1-5H3. The summed E-state index contributed by atoms with van der Waals surface area (Å²) in [5.41, 5.74) is 3.04. The molecular weight excluding hydrogens is 263 g/mol. The SMILES string of the molecule is Cc1c(-c2cc(Cl)c(F)c(C(C)(C)C)c2)ncn1C. The Morgan fingerprint density at radius 2 is 1.89 bits per heavy atom. The second-order valence-corrected chi connectivity index (χ2v) is 6.27. The van der Waals surface area contributed by atoms with Crippen molar-refractivity contribution in [2.45, 2.75) is 33.1 Å². The first-order valence-electron chi connectivity index (χ1n) is 6.19. The number of hydrogen-bond acceptors (Lipinski definition) is 1. The molecule has 0 radical (unpaired) electrons. The molecule has 0 atom stereocenters. The minimum Gasteiger partial charge on any atom is -0.337 e. The minimum absolute atomic E-state index is 0.146. The smallest absolute Gasteiger partial charge is 0.145 e. The molecular formula is C15H18ClFN2. The first kappa shape index (κ1) is 14.1. The minimum atomic E-state index is -0.341. The zero-order valence-electron chi connectivity index (χ0n) is 11.9. The molecule has 2 rings (SSSR count). The van der Waals surface area contributed by atoms with E-state index in [4.69, 9.17) is 11.6 Å². The van der Waals surface area contributed by atoms with Gasteiger partial charge in [-0.05, 0) is 30.0 Å². The third-order valence-electron chi connectivity index (χ3n) is 3.34. The van der Waals surface area contributed by atoms with Crippen molar-refractivity contribution < 1.29 is 4.39 Å². The summed E-state index contributed by atoms with van der Waals surface area (Å²) in [5.74, 6) is -0.341. The van der Waals surface area contributed by atoms with Gasteiger partial charge in [0.05, 0.1) is 17.0 Å². The van der Waals surface area contributed by atoms with Gasteiger partial charge in [0, 0.05) is 18.3 Å². The molecule has 0 fully saturated rings.